The second-order valence-electron chi connectivity index (χ2n) is 4.68. The molecule has 0 amide bonds. The first kappa shape index (κ1) is 15.5. The first-order valence-corrected chi connectivity index (χ1v) is 6.53. The van der Waals surface area contributed by atoms with E-state index in [2.05, 4.69) is 10.1 Å². The molecule has 1 heterocycles. The third-order valence-electron chi connectivity index (χ3n) is 3.36. The summed E-state index contributed by atoms with van der Waals surface area (Å²) in [6.07, 6.45) is 2.67. The second-order valence-corrected chi connectivity index (χ2v) is 5.49. The van der Waals surface area contributed by atoms with Gasteiger partial charge >= 0.3 is 0 Å². The van der Waals surface area contributed by atoms with Gasteiger partial charge in [0.25, 0.3) is 5.89 Å². The van der Waals surface area contributed by atoms with Gasteiger partial charge in [0.15, 0.2) is 5.82 Å². The second kappa shape index (κ2) is 5.48. The van der Waals surface area contributed by atoms with E-state index in [0.717, 1.165) is 19.3 Å². The smallest absolute Gasteiger partial charge is 0.259 e. The van der Waals surface area contributed by atoms with Crippen LogP contribution in [0.4, 0.5) is 4.39 Å². The van der Waals surface area contributed by atoms with Crippen LogP contribution < -0.4 is 5.73 Å². The maximum absolute atomic E-state index is 13.5. The maximum Gasteiger partial charge on any atom is 0.259 e. The summed E-state index contributed by atoms with van der Waals surface area (Å²) in [6.45, 7) is 0. The average molecular weight is 339 g/mol. The molecule has 0 aliphatic heterocycles. The molecule has 8 heteroatoms. The van der Waals surface area contributed by atoms with Gasteiger partial charge in [-0.05, 0) is 31.4 Å². The van der Waals surface area contributed by atoms with Crippen molar-refractivity contribution in [1.29, 1.82) is 0 Å². The SMILES string of the molecule is Cl.NC1(c2noc(-c3cc(F)c(Cl)cc3Cl)n2)CCC1. The lowest BCUT2D eigenvalue weighted by Crippen LogP contribution is -2.44. The van der Waals surface area contributed by atoms with Crippen molar-refractivity contribution in [3.8, 4) is 11.5 Å². The third-order valence-corrected chi connectivity index (χ3v) is 3.96. The Morgan fingerprint density at radius 3 is 2.55 bits per heavy atom. The molecule has 0 bridgehead atoms. The number of nitrogens with zero attached hydrogens (tertiary/aromatic N) is 2. The fourth-order valence-electron chi connectivity index (χ4n) is 2.00. The Balaban J connectivity index is 0.00000147. The van der Waals surface area contributed by atoms with Crippen molar-refractivity contribution in [2.75, 3.05) is 0 Å². The number of rotatable bonds is 2. The Kier molecular flexibility index (Phi) is 4.25. The van der Waals surface area contributed by atoms with Gasteiger partial charge in [0, 0.05) is 0 Å². The molecule has 0 spiro atoms. The van der Waals surface area contributed by atoms with Gasteiger partial charge in [0.05, 0.1) is 21.1 Å². The minimum Gasteiger partial charge on any atom is -0.334 e. The number of halogens is 4. The fraction of sp³-hybridized carbons (Fsp3) is 0.333. The lowest BCUT2D eigenvalue weighted by Gasteiger charge is -2.34. The van der Waals surface area contributed by atoms with Crippen LogP contribution in [0.15, 0.2) is 16.7 Å². The molecule has 2 aromatic rings. The molecule has 1 fully saturated rings. The predicted molar refractivity (Wildman–Crippen MR) is 76.7 cm³/mol. The van der Waals surface area contributed by atoms with E-state index >= 15 is 0 Å². The van der Waals surface area contributed by atoms with Gasteiger partial charge in [-0.25, -0.2) is 4.39 Å². The first-order valence-electron chi connectivity index (χ1n) is 5.77. The summed E-state index contributed by atoms with van der Waals surface area (Å²) in [5.74, 6) is -0.0145. The van der Waals surface area contributed by atoms with Crippen LogP contribution in [-0.2, 0) is 5.54 Å². The molecule has 108 valence electrons. The molecule has 0 atom stereocenters. The lowest BCUT2D eigenvalue weighted by molar-refractivity contribution is 0.229. The van der Waals surface area contributed by atoms with E-state index in [1.54, 1.807) is 0 Å². The standard InChI is InChI=1S/C12H10Cl2FN3O.ClH/c13-7-5-8(14)9(15)4-6(7)10-17-11(18-19-10)12(16)2-1-3-12;/h4-5H,1-3,16H2;1H. The van der Waals surface area contributed by atoms with Crippen LogP contribution in [0, 0.1) is 5.82 Å². The number of hydrogen-bond donors (Lipinski definition) is 1. The topological polar surface area (TPSA) is 64.9 Å². The van der Waals surface area contributed by atoms with Crippen LogP contribution in [0.25, 0.3) is 11.5 Å². The normalized spacial score (nSPS) is 16.4. The molecule has 0 unspecified atom stereocenters. The van der Waals surface area contributed by atoms with Crippen molar-refractivity contribution in [3.63, 3.8) is 0 Å². The van der Waals surface area contributed by atoms with E-state index in [4.69, 9.17) is 33.5 Å². The van der Waals surface area contributed by atoms with Crippen LogP contribution in [0.3, 0.4) is 0 Å². The van der Waals surface area contributed by atoms with Gasteiger partial charge < -0.3 is 10.3 Å². The van der Waals surface area contributed by atoms with Crippen molar-refractivity contribution in [3.05, 3.63) is 33.8 Å². The minimum absolute atomic E-state index is 0. The molecular weight excluding hydrogens is 328 g/mol. The van der Waals surface area contributed by atoms with Crippen molar-refractivity contribution in [1.82, 2.24) is 10.1 Å². The summed E-state index contributed by atoms with van der Waals surface area (Å²) >= 11 is 11.6. The van der Waals surface area contributed by atoms with Crippen molar-refractivity contribution in [2.45, 2.75) is 24.8 Å². The highest BCUT2D eigenvalue weighted by atomic mass is 35.5. The van der Waals surface area contributed by atoms with Gasteiger partial charge in [-0.3, -0.25) is 0 Å². The quantitative estimate of drug-likeness (QED) is 0.842. The molecule has 0 saturated heterocycles. The van der Waals surface area contributed by atoms with Crippen LogP contribution in [0.2, 0.25) is 10.0 Å². The van der Waals surface area contributed by atoms with Crippen LogP contribution in [0.1, 0.15) is 25.1 Å². The molecule has 0 radical (unpaired) electrons. The van der Waals surface area contributed by atoms with Gasteiger partial charge in [-0.15, -0.1) is 12.4 Å². The zero-order valence-corrected chi connectivity index (χ0v) is 12.5. The zero-order valence-electron chi connectivity index (χ0n) is 10.2. The van der Waals surface area contributed by atoms with Gasteiger partial charge in [0.2, 0.25) is 0 Å². The van der Waals surface area contributed by atoms with Gasteiger partial charge in [-0.2, -0.15) is 4.98 Å². The number of aromatic nitrogens is 2. The number of hydrogen-bond acceptors (Lipinski definition) is 4. The van der Waals surface area contributed by atoms with Gasteiger partial charge in [0.1, 0.15) is 5.82 Å². The third kappa shape index (κ3) is 2.51. The van der Waals surface area contributed by atoms with Crippen molar-refractivity contribution in [2.24, 2.45) is 5.73 Å². The Bertz CT molecular complexity index is 643. The first-order chi connectivity index (χ1) is 8.99. The summed E-state index contributed by atoms with van der Waals surface area (Å²) in [6, 6.07) is 2.48. The van der Waals surface area contributed by atoms with E-state index in [1.165, 1.54) is 12.1 Å². The highest BCUT2D eigenvalue weighted by Crippen LogP contribution is 2.38. The number of benzene rings is 1. The largest absolute Gasteiger partial charge is 0.334 e. The summed E-state index contributed by atoms with van der Waals surface area (Å²) in [5.41, 5.74) is 5.88. The summed E-state index contributed by atoms with van der Waals surface area (Å²) < 4.78 is 18.6. The van der Waals surface area contributed by atoms with E-state index in [9.17, 15) is 4.39 Å². The van der Waals surface area contributed by atoms with Crippen molar-refractivity contribution >= 4 is 35.6 Å². The highest BCUT2D eigenvalue weighted by Gasteiger charge is 2.39. The highest BCUT2D eigenvalue weighted by molar-refractivity contribution is 6.36. The molecule has 4 nitrogen and oxygen atoms in total. The Morgan fingerprint density at radius 1 is 1.25 bits per heavy atom. The van der Waals surface area contributed by atoms with E-state index in [1.807, 2.05) is 0 Å². The molecule has 1 saturated carbocycles. The molecule has 1 aliphatic carbocycles. The Hall–Kier alpha value is -0.880. The Labute approximate surface area is 130 Å². The summed E-state index contributed by atoms with van der Waals surface area (Å²) in [5, 5.41) is 4.05. The van der Waals surface area contributed by atoms with Crippen molar-refractivity contribution < 1.29 is 8.91 Å². The van der Waals surface area contributed by atoms with E-state index in [0.29, 0.717) is 11.4 Å². The predicted octanol–water partition coefficient (Wildman–Crippen LogP) is 3.94. The molecular formula is C12H11Cl3FN3O. The summed E-state index contributed by atoms with van der Waals surface area (Å²) in [4.78, 5) is 4.21. The fourth-order valence-corrected chi connectivity index (χ4v) is 2.47. The van der Waals surface area contributed by atoms with Crippen LogP contribution >= 0.6 is 35.6 Å². The van der Waals surface area contributed by atoms with Gasteiger partial charge in [-0.1, -0.05) is 28.4 Å². The lowest BCUT2D eigenvalue weighted by atomic mass is 9.77. The van der Waals surface area contributed by atoms with E-state index < -0.39 is 11.4 Å². The Morgan fingerprint density at radius 2 is 1.95 bits per heavy atom. The molecule has 2 N–H and O–H groups in total. The molecule has 1 aromatic carbocycles. The minimum atomic E-state index is -0.591. The average Bonchev–Trinajstić information content (AvgIpc) is 2.80. The van der Waals surface area contributed by atoms with E-state index in [-0.39, 0.29) is 28.3 Å². The monoisotopic (exact) mass is 337 g/mol. The molecule has 20 heavy (non-hydrogen) atoms. The molecule has 3 rings (SSSR count). The number of nitrogens with two attached hydrogens (primary N) is 1. The maximum atomic E-state index is 13.5. The molecule has 1 aliphatic rings. The van der Waals surface area contributed by atoms with Crippen LogP contribution in [0.5, 0.6) is 0 Å². The zero-order chi connectivity index (χ0) is 13.6. The van der Waals surface area contributed by atoms with Crippen LogP contribution in [-0.4, -0.2) is 10.1 Å². The summed E-state index contributed by atoms with van der Waals surface area (Å²) in [7, 11) is 0. The molecule has 1 aromatic heterocycles.